The molecule has 0 amide bonds. The Kier molecular flexibility index (Phi) is 17.2. The van der Waals surface area contributed by atoms with Gasteiger partial charge in [0.2, 0.25) is 0 Å². The molecule has 1 rings (SSSR count). The average Bonchev–Trinajstić information content (AvgIpc) is 2.81. The average molecular weight is 547 g/mol. The molecule has 36 heavy (non-hydrogen) atoms. The number of thioether (sulfide) groups is 1. The molecule has 0 saturated carbocycles. The molecule has 2 atom stereocenters. The highest BCUT2D eigenvalue weighted by Crippen LogP contribution is 2.27. The van der Waals surface area contributed by atoms with E-state index in [4.69, 9.17) is 14.4 Å². The Morgan fingerprint density at radius 1 is 1.00 bits per heavy atom. The summed E-state index contributed by atoms with van der Waals surface area (Å²) in [6, 6.07) is 4.37. The molecule has 0 aliphatic carbocycles. The molecular weight excluding hydrogens is 507 g/mol. The molecule has 1 aromatic rings. The number of carbonyl (C=O) groups excluding carboxylic acids is 3. The summed E-state index contributed by atoms with van der Waals surface area (Å²) in [4.78, 5) is 45.1. The third-order valence-corrected chi connectivity index (χ3v) is 6.75. The fourth-order valence-corrected chi connectivity index (χ4v) is 4.57. The summed E-state index contributed by atoms with van der Waals surface area (Å²) in [7, 11) is -3.57. The molecule has 9 nitrogen and oxygen atoms in total. The van der Waals surface area contributed by atoms with Crippen LogP contribution in [0.2, 0.25) is 0 Å². The minimum atomic E-state index is -3.57. The van der Waals surface area contributed by atoms with E-state index < -0.39 is 26.5 Å². The lowest BCUT2D eigenvalue weighted by Crippen LogP contribution is -2.19. The maximum absolute atomic E-state index is 12.5. The van der Waals surface area contributed by atoms with Crippen LogP contribution in [-0.2, 0) is 25.0 Å². The lowest BCUT2D eigenvalue weighted by molar-refractivity contribution is -0.111. The standard InChI is InChI=1S/C25H39O9PS/c1-3-5-6-7-8-9-10-11-12-16-22(27)36-18-20(26)17-19-14-13-15-21(23(19)24(28)32-4-2)33-25(29)34-35(30)31/h13-15,20,26,35H,3-12,16-18H2,1-2H3,(H,30,31). The van der Waals surface area contributed by atoms with Crippen molar-refractivity contribution in [3.05, 3.63) is 29.3 Å². The molecule has 0 spiro atoms. The Morgan fingerprint density at radius 3 is 2.25 bits per heavy atom. The molecule has 0 aromatic heterocycles. The van der Waals surface area contributed by atoms with E-state index in [0.717, 1.165) is 31.0 Å². The van der Waals surface area contributed by atoms with Gasteiger partial charge in [-0.25, -0.2) is 14.2 Å². The number of ether oxygens (including phenoxy) is 2. The number of benzene rings is 1. The Bertz CT molecular complexity index is 847. The molecular formula is C25H39O9PS. The highest BCUT2D eigenvalue weighted by molar-refractivity contribution is 8.13. The molecule has 2 N–H and O–H groups in total. The van der Waals surface area contributed by atoms with Gasteiger partial charge in [0.1, 0.15) is 11.3 Å². The molecule has 2 unspecified atom stereocenters. The summed E-state index contributed by atoms with van der Waals surface area (Å²) in [5.74, 6) is -0.854. The van der Waals surface area contributed by atoms with Crippen LogP contribution >= 0.6 is 20.0 Å². The van der Waals surface area contributed by atoms with Crippen LogP contribution in [0.5, 0.6) is 5.75 Å². The Hall–Kier alpha value is -1.87. The first-order valence-electron chi connectivity index (χ1n) is 12.5. The Balaban J connectivity index is 2.55. The lowest BCUT2D eigenvalue weighted by Gasteiger charge is -2.16. The third-order valence-electron chi connectivity index (χ3n) is 5.33. The second kappa shape index (κ2) is 19.3. The van der Waals surface area contributed by atoms with E-state index in [-0.39, 0.29) is 35.2 Å². The van der Waals surface area contributed by atoms with E-state index in [2.05, 4.69) is 11.4 Å². The maximum Gasteiger partial charge on any atom is 0.520 e. The highest BCUT2D eigenvalue weighted by Gasteiger charge is 2.23. The molecule has 0 saturated heterocycles. The van der Waals surface area contributed by atoms with Crippen molar-refractivity contribution in [2.75, 3.05) is 12.4 Å². The summed E-state index contributed by atoms with van der Waals surface area (Å²) >= 11 is 1.06. The number of unbranched alkanes of at least 4 members (excludes halogenated alkanes) is 8. The molecule has 11 heteroatoms. The first-order valence-corrected chi connectivity index (χ1v) is 14.8. The Labute approximate surface area is 218 Å². The van der Waals surface area contributed by atoms with Gasteiger partial charge in [-0.2, -0.15) is 0 Å². The number of hydrogen-bond donors (Lipinski definition) is 2. The van der Waals surface area contributed by atoms with Gasteiger partial charge < -0.3 is 24.0 Å². The Morgan fingerprint density at radius 2 is 1.64 bits per heavy atom. The highest BCUT2D eigenvalue weighted by atomic mass is 32.2. The van der Waals surface area contributed by atoms with Crippen LogP contribution in [0.1, 0.15) is 94.0 Å². The monoisotopic (exact) mass is 546 g/mol. The summed E-state index contributed by atoms with van der Waals surface area (Å²) in [6.45, 7) is 3.88. The van der Waals surface area contributed by atoms with Gasteiger partial charge in [0, 0.05) is 18.6 Å². The van der Waals surface area contributed by atoms with Crippen LogP contribution in [0.25, 0.3) is 0 Å². The summed E-state index contributed by atoms with van der Waals surface area (Å²) < 4.78 is 24.8. The minimum Gasteiger partial charge on any atom is -0.462 e. The van der Waals surface area contributed by atoms with Gasteiger partial charge in [0.15, 0.2) is 5.12 Å². The van der Waals surface area contributed by atoms with E-state index >= 15 is 0 Å². The van der Waals surface area contributed by atoms with Gasteiger partial charge in [-0.05, 0) is 25.0 Å². The number of hydrogen-bond acceptors (Lipinski definition) is 9. The van der Waals surface area contributed by atoms with Crippen molar-refractivity contribution in [1.29, 1.82) is 0 Å². The zero-order chi connectivity index (χ0) is 26.8. The van der Waals surface area contributed by atoms with Gasteiger partial charge in [-0.15, -0.1) is 0 Å². The molecule has 0 aliphatic rings. The van der Waals surface area contributed by atoms with Gasteiger partial charge in [0.25, 0.3) is 0 Å². The van der Waals surface area contributed by atoms with Crippen LogP contribution in [0.3, 0.4) is 0 Å². The second-order valence-electron chi connectivity index (χ2n) is 8.35. The van der Waals surface area contributed by atoms with Crippen LogP contribution < -0.4 is 4.74 Å². The van der Waals surface area contributed by atoms with Crippen molar-refractivity contribution in [3.63, 3.8) is 0 Å². The van der Waals surface area contributed by atoms with Crippen molar-refractivity contribution in [1.82, 2.24) is 0 Å². The van der Waals surface area contributed by atoms with E-state index in [1.54, 1.807) is 13.0 Å². The van der Waals surface area contributed by atoms with Gasteiger partial charge in [-0.1, -0.05) is 82.2 Å². The summed E-state index contributed by atoms with van der Waals surface area (Å²) in [5.41, 5.74) is 0.244. The van der Waals surface area contributed by atoms with Gasteiger partial charge in [0.05, 0.1) is 12.7 Å². The van der Waals surface area contributed by atoms with E-state index in [9.17, 15) is 24.1 Å². The normalized spacial score (nSPS) is 12.6. The van der Waals surface area contributed by atoms with Crippen molar-refractivity contribution in [2.24, 2.45) is 0 Å². The van der Waals surface area contributed by atoms with Crippen molar-refractivity contribution in [2.45, 2.75) is 90.6 Å². The molecule has 0 radical (unpaired) electrons. The van der Waals surface area contributed by atoms with Gasteiger partial charge in [-0.3, -0.25) is 4.79 Å². The van der Waals surface area contributed by atoms with Crippen molar-refractivity contribution in [3.8, 4) is 5.75 Å². The number of aliphatic hydroxyl groups excluding tert-OH is 1. The third kappa shape index (κ3) is 14.0. The van der Waals surface area contributed by atoms with E-state index in [1.165, 1.54) is 50.7 Å². The summed E-state index contributed by atoms with van der Waals surface area (Å²) in [6.07, 6.45) is 8.64. The first-order chi connectivity index (χ1) is 17.3. The first kappa shape index (κ1) is 32.2. The smallest absolute Gasteiger partial charge is 0.462 e. The lowest BCUT2D eigenvalue weighted by atomic mass is 10.0. The predicted octanol–water partition coefficient (Wildman–Crippen LogP) is 5.84. The van der Waals surface area contributed by atoms with E-state index in [1.807, 2.05) is 0 Å². The fraction of sp³-hybridized carbons (Fsp3) is 0.640. The van der Waals surface area contributed by atoms with Crippen molar-refractivity contribution < 1.29 is 42.9 Å². The number of rotatable bonds is 18. The molecule has 0 fully saturated rings. The topological polar surface area (TPSA) is 136 Å². The molecule has 0 aliphatic heterocycles. The number of esters is 1. The van der Waals surface area contributed by atoms with Crippen LogP contribution in [0.15, 0.2) is 18.2 Å². The van der Waals surface area contributed by atoms with Crippen LogP contribution in [0, 0.1) is 0 Å². The largest absolute Gasteiger partial charge is 0.520 e. The zero-order valence-corrected chi connectivity index (χ0v) is 23.0. The van der Waals surface area contributed by atoms with Crippen LogP contribution in [0.4, 0.5) is 4.79 Å². The van der Waals surface area contributed by atoms with Gasteiger partial charge >= 0.3 is 20.4 Å². The fourth-order valence-electron chi connectivity index (χ4n) is 3.60. The number of aliphatic hydroxyl groups is 1. The second-order valence-corrected chi connectivity index (χ2v) is 10.2. The predicted molar refractivity (Wildman–Crippen MR) is 140 cm³/mol. The SMILES string of the molecule is CCCCCCCCCCCC(=O)SCC(O)Cc1cccc(OC(=O)O[PH](=O)O)c1C(=O)OCC. The van der Waals surface area contributed by atoms with Crippen LogP contribution in [-0.4, -0.2) is 45.7 Å². The van der Waals surface area contributed by atoms with Crippen molar-refractivity contribution >= 4 is 37.3 Å². The van der Waals surface area contributed by atoms with E-state index in [0.29, 0.717) is 12.0 Å². The molecule has 0 bridgehead atoms. The molecule has 1 aromatic carbocycles. The molecule has 204 valence electrons. The molecule has 0 heterocycles. The number of carbonyl (C=O) groups is 3. The zero-order valence-electron chi connectivity index (χ0n) is 21.2. The minimum absolute atomic E-state index is 0.00923. The summed E-state index contributed by atoms with van der Waals surface area (Å²) in [5, 5.41) is 10.5. The quantitative estimate of drug-likeness (QED) is 0.0999. The maximum atomic E-state index is 12.5.